The van der Waals surface area contributed by atoms with Crippen molar-refractivity contribution in [3.8, 4) is 0 Å². The van der Waals surface area contributed by atoms with Gasteiger partial charge in [0, 0.05) is 24.8 Å². The van der Waals surface area contributed by atoms with Crippen LogP contribution in [0.1, 0.15) is 44.0 Å². The highest BCUT2D eigenvalue weighted by atomic mass is 79.9. The van der Waals surface area contributed by atoms with Gasteiger partial charge < -0.3 is 9.64 Å². The summed E-state index contributed by atoms with van der Waals surface area (Å²) in [6, 6.07) is 7.10. The van der Waals surface area contributed by atoms with Crippen LogP contribution in [0.4, 0.5) is 15.0 Å². The molecule has 1 aliphatic rings. The Morgan fingerprint density at radius 1 is 1.32 bits per heavy atom. The van der Waals surface area contributed by atoms with Gasteiger partial charge in [0.2, 0.25) is 0 Å². The molecule has 1 saturated heterocycles. The Morgan fingerprint density at radius 2 is 2.06 bits per heavy atom. The number of likely N-dealkylation sites (tertiary alicyclic amines) is 1. The Labute approximate surface area is 194 Å². The molecule has 3 rings (SSSR count). The second-order valence-corrected chi connectivity index (χ2v) is 9.60. The molecule has 0 spiro atoms. The largest absolute Gasteiger partial charge is 0.444 e. The molecule has 6 nitrogen and oxygen atoms in total. The van der Waals surface area contributed by atoms with Crippen LogP contribution in [-0.4, -0.2) is 46.6 Å². The number of aromatic nitrogens is 1. The normalized spacial score (nSPS) is 16.7. The molecular formula is C22H24BrClFN3O3. The van der Waals surface area contributed by atoms with E-state index in [1.807, 2.05) is 0 Å². The monoisotopic (exact) mass is 511 g/mol. The van der Waals surface area contributed by atoms with Crippen molar-refractivity contribution < 1.29 is 18.7 Å². The lowest BCUT2D eigenvalue weighted by molar-refractivity contribution is 0.0196. The van der Waals surface area contributed by atoms with E-state index in [9.17, 15) is 14.0 Å². The molecule has 2 aromatic rings. The molecule has 2 amide bonds. The molecule has 31 heavy (non-hydrogen) atoms. The summed E-state index contributed by atoms with van der Waals surface area (Å²) in [5.74, 6) is -0.714. The first-order chi connectivity index (χ1) is 14.6. The quantitative estimate of drug-likeness (QED) is 0.531. The minimum absolute atomic E-state index is 0.164. The molecular weight excluding hydrogens is 489 g/mol. The summed E-state index contributed by atoms with van der Waals surface area (Å²) in [7, 11) is 0. The molecule has 0 unspecified atom stereocenters. The van der Waals surface area contributed by atoms with Gasteiger partial charge in [-0.15, -0.1) is 0 Å². The van der Waals surface area contributed by atoms with Gasteiger partial charge in [0.25, 0.3) is 5.91 Å². The van der Waals surface area contributed by atoms with Gasteiger partial charge in [-0.2, -0.15) is 0 Å². The zero-order valence-corrected chi connectivity index (χ0v) is 19.9. The summed E-state index contributed by atoms with van der Waals surface area (Å²) in [5.41, 5.74) is -0.462. The topological polar surface area (TPSA) is 62.7 Å². The van der Waals surface area contributed by atoms with Crippen LogP contribution in [0.2, 0.25) is 5.02 Å². The van der Waals surface area contributed by atoms with Crippen LogP contribution in [0.25, 0.3) is 0 Å². The first kappa shape index (κ1) is 23.5. The van der Waals surface area contributed by atoms with Crippen LogP contribution >= 0.6 is 27.5 Å². The van der Waals surface area contributed by atoms with Gasteiger partial charge in [-0.3, -0.25) is 9.69 Å². The van der Waals surface area contributed by atoms with Gasteiger partial charge in [-0.1, -0.05) is 11.6 Å². The molecule has 1 aromatic heterocycles. The van der Waals surface area contributed by atoms with Gasteiger partial charge in [0.1, 0.15) is 11.4 Å². The van der Waals surface area contributed by atoms with Crippen molar-refractivity contribution in [1.29, 1.82) is 0 Å². The van der Waals surface area contributed by atoms with Gasteiger partial charge >= 0.3 is 6.09 Å². The minimum Gasteiger partial charge on any atom is -0.444 e. The number of piperidine rings is 1. The number of hydrogen-bond acceptors (Lipinski definition) is 4. The number of hydrogen-bond donors (Lipinski definition) is 0. The Morgan fingerprint density at radius 3 is 2.71 bits per heavy atom. The van der Waals surface area contributed by atoms with E-state index in [2.05, 4.69) is 20.9 Å². The first-order valence-electron chi connectivity index (χ1n) is 9.94. The molecule has 1 aromatic carbocycles. The Balaban J connectivity index is 1.95. The zero-order chi connectivity index (χ0) is 22.8. The van der Waals surface area contributed by atoms with E-state index in [0.29, 0.717) is 24.4 Å². The maximum atomic E-state index is 14.1. The molecule has 1 fully saturated rings. The molecule has 0 bridgehead atoms. The van der Waals surface area contributed by atoms with Gasteiger partial charge in [-0.05, 0) is 79.9 Å². The van der Waals surface area contributed by atoms with Crippen LogP contribution in [-0.2, 0) is 4.74 Å². The van der Waals surface area contributed by atoms with E-state index in [0.717, 1.165) is 0 Å². The summed E-state index contributed by atoms with van der Waals surface area (Å²) in [4.78, 5) is 33.4. The summed E-state index contributed by atoms with van der Waals surface area (Å²) in [6.45, 7) is 6.19. The van der Waals surface area contributed by atoms with Crippen molar-refractivity contribution in [2.45, 2.75) is 45.3 Å². The van der Waals surface area contributed by atoms with Crippen LogP contribution in [0, 0.1) is 5.82 Å². The van der Waals surface area contributed by atoms with Crippen molar-refractivity contribution >= 4 is 45.3 Å². The fourth-order valence-electron chi connectivity index (χ4n) is 3.42. The molecule has 0 radical (unpaired) electrons. The van der Waals surface area contributed by atoms with Crippen LogP contribution in [0.15, 0.2) is 41.0 Å². The number of pyridine rings is 1. The van der Waals surface area contributed by atoms with Crippen LogP contribution in [0.3, 0.4) is 0 Å². The number of ether oxygens (including phenoxy) is 1. The molecule has 1 atom stereocenters. The smallest absolute Gasteiger partial charge is 0.410 e. The molecule has 166 valence electrons. The number of amides is 2. The number of carbonyl (C=O) groups excluding carboxylic acids is 2. The molecule has 0 N–H and O–H groups in total. The number of carbonyl (C=O) groups is 2. The fourth-order valence-corrected chi connectivity index (χ4v) is 3.87. The average molecular weight is 513 g/mol. The number of rotatable bonds is 3. The van der Waals surface area contributed by atoms with Gasteiger partial charge in [0.15, 0.2) is 5.82 Å². The third-order valence-corrected chi connectivity index (χ3v) is 5.70. The molecule has 2 heterocycles. The van der Waals surface area contributed by atoms with E-state index in [-0.39, 0.29) is 22.4 Å². The molecule has 0 aliphatic carbocycles. The zero-order valence-electron chi connectivity index (χ0n) is 17.6. The van der Waals surface area contributed by atoms with E-state index in [1.54, 1.807) is 37.8 Å². The fraction of sp³-hybridized carbons (Fsp3) is 0.409. The predicted octanol–water partition coefficient (Wildman–Crippen LogP) is 5.68. The van der Waals surface area contributed by atoms with E-state index < -0.39 is 29.5 Å². The maximum absolute atomic E-state index is 14.1. The van der Waals surface area contributed by atoms with Gasteiger partial charge in [0.05, 0.1) is 15.5 Å². The first-order valence-corrected chi connectivity index (χ1v) is 11.1. The predicted molar refractivity (Wildman–Crippen MR) is 121 cm³/mol. The summed E-state index contributed by atoms with van der Waals surface area (Å²) in [5, 5.41) is 0.294. The number of benzene rings is 1. The Kier molecular flexibility index (Phi) is 7.21. The lowest BCUT2D eigenvalue weighted by Gasteiger charge is -2.39. The van der Waals surface area contributed by atoms with E-state index in [4.69, 9.17) is 16.3 Å². The third-order valence-electron chi connectivity index (χ3n) is 4.77. The van der Waals surface area contributed by atoms with Crippen molar-refractivity contribution in [1.82, 2.24) is 9.88 Å². The van der Waals surface area contributed by atoms with Crippen LogP contribution < -0.4 is 4.90 Å². The average Bonchev–Trinajstić information content (AvgIpc) is 2.70. The highest BCUT2D eigenvalue weighted by molar-refractivity contribution is 9.10. The van der Waals surface area contributed by atoms with Crippen molar-refractivity contribution in [3.63, 3.8) is 0 Å². The highest BCUT2D eigenvalue weighted by Crippen LogP contribution is 2.30. The number of nitrogens with zero attached hydrogens (tertiary/aromatic N) is 3. The molecule has 1 aliphatic heterocycles. The summed E-state index contributed by atoms with van der Waals surface area (Å²) < 4.78 is 19.9. The maximum Gasteiger partial charge on any atom is 0.410 e. The number of halogens is 3. The second kappa shape index (κ2) is 9.53. The number of anilines is 1. The molecule has 0 saturated carbocycles. The van der Waals surface area contributed by atoms with Crippen molar-refractivity contribution in [2.75, 3.05) is 18.0 Å². The van der Waals surface area contributed by atoms with Crippen molar-refractivity contribution in [3.05, 3.63) is 57.4 Å². The summed E-state index contributed by atoms with van der Waals surface area (Å²) in [6.07, 6.45) is 2.41. The highest BCUT2D eigenvalue weighted by Gasteiger charge is 2.35. The van der Waals surface area contributed by atoms with E-state index >= 15 is 0 Å². The molecule has 9 heteroatoms. The summed E-state index contributed by atoms with van der Waals surface area (Å²) >= 11 is 9.47. The Bertz CT molecular complexity index is 983. The van der Waals surface area contributed by atoms with Crippen molar-refractivity contribution in [2.24, 2.45) is 0 Å². The van der Waals surface area contributed by atoms with Crippen LogP contribution in [0.5, 0.6) is 0 Å². The third kappa shape index (κ3) is 5.74. The second-order valence-electron chi connectivity index (χ2n) is 8.34. The standard InChI is InChI=1S/C22H24BrClFN3O3/c1-22(2,3)31-21(30)27-11-5-6-15(13-27)28(19-17(24)7-4-10-26-19)20(29)14-8-9-16(23)18(25)12-14/h4,7-10,12,15H,5-6,11,13H2,1-3H3/t15-/m1/s1. The Hall–Kier alpha value is -2.19. The van der Waals surface area contributed by atoms with E-state index in [1.165, 1.54) is 29.3 Å². The lowest BCUT2D eigenvalue weighted by atomic mass is 10.0. The minimum atomic E-state index is -0.626. The lowest BCUT2D eigenvalue weighted by Crippen LogP contribution is -2.53. The SMILES string of the molecule is CC(C)(C)OC(=O)N1CCC[C@@H](N(C(=O)c2ccc(Br)c(F)c2)c2ncccc2Cl)C1. The van der Waals surface area contributed by atoms with Gasteiger partial charge in [-0.25, -0.2) is 14.2 Å².